The lowest BCUT2D eigenvalue weighted by Gasteiger charge is -2.43. The molecular weight excluding hydrogens is 882 g/mol. The minimum Gasteiger partial charge on any atom is -0.462 e. The summed E-state index contributed by atoms with van der Waals surface area (Å²) < 4.78 is 49.4. The Balaban J connectivity index is 2.58. The summed E-state index contributed by atoms with van der Waals surface area (Å²) in [5.74, 6) is -1.22. The Hall–Kier alpha value is -2.04. The molecule has 0 aromatic rings. The molecule has 0 heterocycles. The van der Waals surface area contributed by atoms with Crippen molar-refractivity contribution < 1.29 is 76.9 Å². The fourth-order valence-electron chi connectivity index (χ4n) is 7.19. The van der Waals surface area contributed by atoms with Gasteiger partial charge in [-0.05, 0) is 51.4 Å². The zero-order valence-corrected chi connectivity index (χ0v) is 40.9. The van der Waals surface area contributed by atoms with Crippen LogP contribution in [-0.4, -0.2) is 103 Å². The molecule has 7 N–H and O–H groups in total. The number of ether oxygens (including phenoxy) is 2. The zero-order chi connectivity index (χ0) is 48.2. The van der Waals surface area contributed by atoms with Gasteiger partial charge in [-0.2, -0.15) is 0 Å². The van der Waals surface area contributed by atoms with Crippen molar-refractivity contribution >= 4 is 27.6 Å². The second-order valence-electron chi connectivity index (χ2n) is 16.8. The largest absolute Gasteiger partial charge is 0.472 e. The number of aliphatic hydroxyl groups excluding tert-OH is 4. The van der Waals surface area contributed by atoms with E-state index in [1.165, 1.54) is 51.4 Å². The van der Waals surface area contributed by atoms with Crippen molar-refractivity contribution in [3.8, 4) is 0 Å². The van der Waals surface area contributed by atoms with Crippen molar-refractivity contribution in [2.24, 2.45) is 0 Å². The average Bonchev–Trinajstić information content (AvgIpc) is 3.26. The Morgan fingerprint density at radius 3 is 1.43 bits per heavy atom. The molecule has 0 radical (unpaired) electrons. The summed E-state index contributed by atoms with van der Waals surface area (Å²) in [6.45, 7) is 2.99. The molecule has 1 aliphatic carbocycles. The van der Waals surface area contributed by atoms with Crippen LogP contribution in [0.1, 0.15) is 181 Å². The van der Waals surface area contributed by atoms with E-state index in [9.17, 15) is 53.8 Å². The lowest BCUT2D eigenvalue weighted by molar-refractivity contribution is -0.216. The van der Waals surface area contributed by atoms with Crippen molar-refractivity contribution in [1.29, 1.82) is 0 Å². The molecule has 378 valence electrons. The van der Waals surface area contributed by atoms with Crippen LogP contribution in [0.2, 0.25) is 0 Å². The topological polar surface area (TPSA) is 256 Å². The number of aliphatic hydroxyl groups is 4. The zero-order valence-electron chi connectivity index (χ0n) is 39.2. The van der Waals surface area contributed by atoms with Crippen LogP contribution in [0.5, 0.6) is 0 Å². The van der Waals surface area contributed by atoms with Crippen LogP contribution in [0.4, 0.5) is 0 Å². The van der Waals surface area contributed by atoms with Crippen LogP contribution in [-0.2, 0) is 41.8 Å². The molecule has 1 aliphatic rings. The lowest BCUT2D eigenvalue weighted by Crippen LogP contribution is -2.64. The molecule has 5 unspecified atom stereocenters. The van der Waals surface area contributed by atoms with Crippen molar-refractivity contribution in [3.05, 3.63) is 48.6 Å². The molecule has 0 amide bonds. The number of hydrogen-bond donors (Lipinski definition) is 7. The molecule has 0 saturated heterocycles. The fourth-order valence-corrected chi connectivity index (χ4v) is 8.73. The number of esters is 2. The van der Waals surface area contributed by atoms with Gasteiger partial charge in [-0.1, -0.05) is 165 Å². The summed E-state index contributed by atoms with van der Waals surface area (Å²) in [5.41, 5.74) is 0. The molecule has 65 heavy (non-hydrogen) atoms. The summed E-state index contributed by atoms with van der Waals surface area (Å²) in [6, 6.07) is 0. The van der Waals surface area contributed by atoms with Gasteiger partial charge in [0.2, 0.25) is 0 Å². The first-order valence-electron chi connectivity index (χ1n) is 24.2. The van der Waals surface area contributed by atoms with Crippen LogP contribution in [0.25, 0.3) is 0 Å². The van der Waals surface area contributed by atoms with Crippen LogP contribution in [0.3, 0.4) is 0 Å². The molecule has 1 rings (SSSR count). The molecule has 0 aromatic heterocycles. The number of carbonyl (C=O) groups is 2. The SMILES string of the molecule is CCC=CCC=CCC=CCC=CCCCCCCCCC(=O)O[C@H](COC(=O)CCCCCCCCCCCCCCC)COP(=O)(O)O[C@H]1C(O)C(O)C(O)[C@@H](OP(=O)(O)O)C1O. The van der Waals surface area contributed by atoms with Crippen LogP contribution >= 0.6 is 15.6 Å². The summed E-state index contributed by atoms with van der Waals surface area (Å²) in [6.07, 6.45) is 27.8. The van der Waals surface area contributed by atoms with Crippen molar-refractivity contribution in [2.45, 2.75) is 224 Å². The van der Waals surface area contributed by atoms with Crippen LogP contribution in [0.15, 0.2) is 48.6 Å². The Morgan fingerprint density at radius 1 is 0.508 bits per heavy atom. The van der Waals surface area contributed by atoms with E-state index in [0.29, 0.717) is 12.8 Å². The molecule has 0 bridgehead atoms. The Kier molecular flexibility index (Phi) is 35.5. The summed E-state index contributed by atoms with van der Waals surface area (Å²) >= 11 is 0. The first kappa shape index (κ1) is 61.0. The van der Waals surface area contributed by atoms with Crippen LogP contribution in [0, 0.1) is 0 Å². The van der Waals surface area contributed by atoms with Crippen molar-refractivity contribution in [3.63, 3.8) is 0 Å². The van der Waals surface area contributed by atoms with Gasteiger partial charge in [0.25, 0.3) is 0 Å². The Labute approximate surface area is 388 Å². The van der Waals surface area contributed by atoms with E-state index < -0.39 is 83.5 Å². The molecule has 0 aliphatic heterocycles. The number of phosphoric ester groups is 2. The van der Waals surface area contributed by atoms with Gasteiger partial charge in [-0.15, -0.1) is 0 Å². The molecule has 0 spiro atoms. The van der Waals surface area contributed by atoms with Crippen LogP contribution < -0.4 is 0 Å². The molecule has 1 fully saturated rings. The third-order valence-electron chi connectivity index (χ3n) is 10.9. The van der Waals surface area contributed by atoms with Gasteiger partial charge in [0, 0.05) is 12.8 Å². The number of hydrogen-bond acceptors (Lipinski definition) is 13. The number of carbonyl (C=O) groups excluding carboxylic acids is 2. The highest BCUT2D eigenvalue weighted by Crippen LogP contribution is 2.49. The summed E-state index contributed by atoms with van der Waals surface area (Å²) in [5, 5.41) is 41.2. The second-order valence-corrected chi connectivity index (χ2v) is 19.4. The highest BCUT2D eigenvalue weighted by atomic mass is 31.2. The van der Waals surface area contributed by atoms with E-state index in [2.05, 4.69) is 67.0 Å². The van der Waals surface area contributed by atoms with E-state index >= 15 is 0 Å². The maximum absolute atomic E-state index is 13.0. The molecule has 16 nitrogen and oxygen atoms in total. The van der Waals surface area contributed by atoms with Crippen molar-refractivity contribution in [2.75, 3.05) is 13.2 Å². The van der Waals surface area contributed by atoms with Gasteiger partial charge in [-0.25, -0.2) is 9.13 Å². The average molecular weight is 967 g/mol. The van der Waals surface area contributed by atoms with Gasteiger partial charge < -0.3 is 44.6 Å². The third kappa shape index (κ3) is 32.4. The number of rotatable bonds is 40. The van der Waals surface area contributed by atoms with E-state index in [-0.39, 0.29) is 12.8 Å². The van der Waals surface area contributed by atoms with Gasteiger partial charge in [0.1, 0.15) is 43.2 Å². The summed E-state index contributed by atoms with van der Waals surface area (Å²) in [7, 11) is -10.7. The van der Waals surface area contributed by atoms with E-state index in [1.807, 2.05) is 0 Å². The first-order valence-corrected chi connectivity index (χ1v) is 27.2. The molecule has 18 heteroatoms. The Morgan fingerprint density at radius 2 is 0.938 bits per heavy atom. The lowest BCUT2D eigenvalue weighted by atomic mass is 9.85. The number of allylic oxidation sites excluding steroid dienone is 8. The fraction of sp³-hybridized carbons (Fsp3) is 0.787. The third-order valence-corrected chi connectivity index (χ3v) is 12.4. The standard InChI is InChI=1S/C47H84O16P2/c1-3-5-7-9-11-13-15-17-18-19-20-21-22-24-26-28-30-32-34-36-41(49)61-39(37-59-40(48)35-33-31-29-27-25-23-16-14-12-10-8-6-4-2)38-60-65(57,58)63-47-44(52)42(50)43(51)46(45(47)53)62-64(54,55)56/h5,7,11,13,17-18,20-21,39,42-47,50-53H,3-4,6,8-10,12,14-16,19,22-38H2,1-2H3,(H,57,58)(H2,54,55,56)/t39-,42?,43?,44?,45?,46-,47+/m1/s1. The van der Waals surface area contributed by atoms with Gasteiger partial charge in [0.05, 0.1) is 6.61 Å². The van der Waals surface area contributed by atoms with Gasteiger partial charge >= 0.3 is 27.6 Å². The molecule has 0 aromatic carbocycles. The van der Waals surface area contributed by atoms with Gasteiger partial charge in [0.15, 0.2) is 6.10 Å². The predicted molar refractivity (Wildman–Crippen MR) is 250 cm³/mol. The summed E-state index contributed by atoms with van der Waals surface area (Å²) in [4.78, 5) is 54.3. The number of phosphoric acid groups is 2. The van der Waals surface area contributed by atoms with Crippen molar-refractivity contribution in [1.82, 2.24) is 0 Å². The highest BCUT2D eigenvalue weighted by Gasteiger charge is 2.54. The minimum absolute atomic E-state index is 0.0281. The Bertz CT molecular complexity index is 1450. The highest BCUT2D eigenvalue weighted by molar-refractivity contribution is 7.47. The smallest absolute Gasteiger partial charge is 0.462 e. The minimum atomic E-state index is -5.37. The molecular formula is C47H84O16P2. The first-order chi connectivity index (χ1) is 31.1. The number of unbranched alkanes of at least 4 members (excludes halogenated alkanes) is 18. The van der Waals surface area contributed by atoms with E-state index in [4.69, 9.17) is 18.5 Å². The second kappa shape index (κ2) is 37.9. The maximum Gasteiger partial charge on any atom is 0.472 e. The predicted octanol–water partition coefficient (Wildman–Crippen LogP) is 9.29. The molecule has 8 atom stereocenters. The van der Waals surface area contributed by atoms with E-state index in [0.717, 1.165) is 89.9 Å². The molecule has 1 saturated carbocycles. The van der Waals surface area contributed by atoms with E-state index in [1.54, 1.807) is 0 Å². The quantitative estimate of drug-likeness (QED) is 0.0131. The van der Waals surface area contributed by atoms with Gasteiger partial charge in [-0.3, -0.25) is 23.2 Å². The normalized spacial score (nSPS) is 22.0. The maximum atomic E-state index is 13.0. The monoisotopic (exact) mass is 967 g/mol.